The number of carbonyl (C=O) groups is 1. The Labute approximate surface area is 141 Å². The fourth-order valence-corrected chi connectivity index (χ4v) is 3.93. The van der Waals surface area contributed by atoms with Gasteiger partial charge in [-0.15, -0.1) is 0 Å². The summed E-state index contributed by atoms with van der Waals surface area (Å²) in [5, 5.41) is 10.8. The topological polar surface area (TPSA) is 61.1 Å². The van der Waals surface area contributed by atoms with E-state index in [1.54, 1.807) is 11.1 Å². The zero-order valence-corrected chi connectivity index (χ0v) is 14.1. The minimum absolute atomic E-state index is 0.0875. The molecule has 0 radical (unpaired) electrons. The number of aliphatic hydroxyl groups is 1. The number of likely N-dealkylation sites (tertiary alicyclic amines) is 2. The zero-order chi connectivity index (χ0) is 16.7. The van der Waals surface area contributed by atoms with E-state index in [-0.39, 0.29) is 5.91 Å². The molecule has 2 aromatic heterocycles. The molecular formula is C18H24N4O2. The number of amides is 1. The molecule has 4 heterocycles. The highest BCUT2D eigenvalue weighted by Crippen LogP contribution is 2.25. The van der Waals surface area contributed by atoms with Crippen LogP contribution < -0.4 is 0 Å². The Hall–Kier alpha value is -1.92. The van der Waals surface area contributed by atoms with Crippen LogP contribution >= 0.6 is 0 Å². The van der Waals surface area contributed by atoms with Gasteiger partial charge >= 0.3 is 0 Å². The first-order valence-corrected chi connectivity index (χ1v) is 8.73. The molecule has 24 heavy (non-hydrogen) atoms. The van der Waals surface area contributed by atoms with Crippen LogP contribution in [-0.4, -0.2) is 68.5 Å². The number of hydrogen-bond acceptors (Lipinski definition) is 4. The zero-order valence-electron chi connectivity index (χ0n) is 14.1. The lowest BCUT2D eigenvalue weighted by Gasteiger charge is -2.28. The summed E-state index contributed by atoms with van der Waals surface area (Å²) >= 11 is 0. The maximum atomic E-state index is 12.8. The van der Waals surface area contributed by atoms with Gasteiger partial charge in [-0.25, -0.2) is 4.98 Å². The van der Waals surface area contributed by atoms with E-state index in [0.717, 1.165) is 24.4 Å². The van der Waals surface area contributed by atoms with E-state index in [9.17, 15) is 9.90 Å². The minimum atomic E-state index is -0.783. The van der Waals surface area contributed by atoms with Crippen LogP contribution in [0.1, 0.15) is 35.4 Å². The summed E-state index contributed by atoms with van der Waals surface area (Å²) in [6.45, 7) is 5.77. The van der Waals surface area contributed by atoms with Gasteiger partial charge in [0.15, 0.2) is 0 Å². The second kappa shape index (κ2) is 5.86. The first-order valence-electron chi connectivity index (χ1n) is 8.73. The summed E-state index contributed by atoms with van der Waals surface area (Å²) in [5.41, 5.74) is 1.50. The number of pyridine rings is 1. The molecule has 2 aliphatic rings. The molecule has 6 nitrogen and oxygen atoms in total. The molecular weight excluding hydrogens is 304 g/mol. The number of imidazole rings is 1. The predicted molar refractivity (Wildman–Crippen MR) is 91.1 cm³/mol. The van der Waals surface area contributed by atoms with Crippen molar-refractivity contribution in [2.75, 3.05) is 32.7 Å². The molecule has 0 unspecified atom stereocenters. The quantitative estimate of drug-likeness (QED) is 0.923. The van der Waals surface area contributed by atoms with Crippen molar-refractivity contribution in [2.24, 2.45) is 0 Å². The van der Waals surface area contributed by atoms with E-state index in [1.165, 1.54) is 12.8 Å². The molecule has 2 aliphatic heterocycles. The average Bonchev–Trinajstić information content (AvgIpc) is 3.27. The average molecular weight is 328 g/mol. The lowest BCUT2D eigenvalue weighted by atomic mass is 10.0. The molecule has 0 spiro atoms. The number of β-amino-alcohol motifs (C(OH)–C–C–N with tert-alkyl or cyclic N) is 1. The molecule has 0 bridgehead atoms. The van der Waals surface area contributed by atoms with E-state index < -0.39 is 5.60 Å². The molecule has 2 aromatic rings. The summed E-state index contributed by atoms with van der Waals surface area (Å²) < 4.78 is 1.93. The Morgan fingerprint density at radius 1 is 1.29 bits per heavy atom. The maximum Gasteiger partial charge on any atom is 0.274 e. The third kappa shape index (κ3) is 2.80. The second-order valence-electron chi connectivity index (χ2n) is 7.21. The molecule has 0 saturated carbocycles. The molecule has 4 rings (SSSR count). The molecule has 0 aromatic carbocycles. The molecule has 0 aliphatic carbocycles. The maximum absolute atomic E-state index is 12.8. The number of carbonyl (C=O) groups excluding carboxylic acids is 1. The van der Waals surface area contributed by atoms with Crippen molar-refractivity contribution >= 4 is 11.6 Å². The highest BCUT2D eigenvalue weighted by Gasteiger charge is 2.40. The van der Waals surface area contributed by atoms with Gasteiger partial charge in [0, 0.05) is 25.0 Å². The Balaban J connectivity index is 1.49. The van der Waals surface area contributed by atoms with E-state index in [2.05, 4.69) is 9.88 Å². The van der Waals surface area contributed by atoms with Crippen molar-refractivity contribution in [3.8, 4) is 0 Å². The van der Waals surface area contributed by atoms with Gasteiger partial charge in [-0.2, -0.15) is 0 Å². The van der Waals surface area contributed by atoms with Gasteiger partial charge in [-0.3, -0.25) is 4.79 Å². The van der Waals surface area contributed by atoms with Crippen molar-refractivity contribution < 1.29 is 9.90 Å². The Bertz CT molecular complexity index is 765. The molecule has 2 saturated heterocycles. The van der Waals surface area contributed by atoms with Crippen LogP contribution in [0.2, 0.25) is 0 Å². The van der Waals surface area contributed by atoms with E-state index in [1.807, 2.05) is 29.5 Å². The highest BCUT2D eigenvalue weighted by molar-refractivity contribution is 5.93. The van der Waals surface area contributed by atoms with Crippen molar-refractivity contribution in [3.63, 3.8) is 0 Å². The van der Waals surface area contributed by atoms with Crippen molar-refractivity contribution in [3.05, 3.63) is 35.8 Å². The molecule has 1 N–H and O–H groups in total. The number of rotatable bonds is 3. The SMILES string of the molecule is Cc1cccc2nc(C(=O)N3CC[C@@](O)(CN4CCCC4)C3)cn12. The molecule has 2 fully saturated rings. The standard InChI is InChI=1S/C18H24N4O2/c1-14-5-4-6-16-19-15(11-22(14)16)17(23)21-10-7-18(24,13-21)12-20-8-2-3-9-20/h4-6,11,24H,2-3,7-10,12-13H2,1H3/t18-/m1/s1. The van der Waals surface area contributed by atoms with Crippen LogP contribution in [0, 0.1) is 6.92 Å². The van der Waals surface area contributed by atoms with E-state index >= 15 is 0 Å². The minimum Gasteiger partial charge on any atom is -0.387 e. The number of nitrogens with zero attached hydrogens (tertiary/aromatic N) is 4. The third-order valence-electron chi connectivity index (χ3n) is 5.25. The van der Waals surface area contributed by atoms with Gasteiger partial charge < -0.3 is 19.3 Å². The number of fused-ring (bicyclic) bond motifs is 1. The van der Waals surface area contributed by atoms with Gasteiger partial charge in [0.05, 0.1) is 12.1 Å². The van der Waals surface area contributed by atoms with Crippen molar-refractivity contribution in [1.29, 1.82) is 0 Å². The number of aromatic nitrogens is 2. The summed E-state index contributed by atoms with van der Waals surface area (Å²) in [4.78, 5) is 21.3. The predicted octanol–water partition coefficient (Wildman–Crippen LogP) is 1.32. The Morgan fingerprint density at radius 3 is 2.83 bits per heavy atom. The molecule has 128 valence electrons. The summed E-state index contributed by atoms with van der Waals surface area (Å²) in [6, 6.07) is 5.83. The monoisotopic (exact) mass is 328 g/mol. The Kier molecular flexibility index (Phi) is 3.81. The molecule has 6 heteroatoms. The number of aryl methyl sites for hydroxylation is 1. The van der Waals surface area contributed by atoms with E-state index in [0.29, 0.717) is 31.7 Å². The normalized spacial score (nSPS) is 25.0. The lowest BCUT2D eigenvalue weighted by molar-refractivity contribution is 0.0175. The van der Waals surface area contributed by atoms with Gasteiger partial charge in [-0.1, -0.05) is 6.07 Å². The van der Waals surface area contributed by atoms with Crippen molar-refractivity contribution in [1.82, 2.24) is 19.2 Å². The Morgan fingerprint density at radius 2 is 2.08 bits per heavy atom. The van der Waals surface area contributed by atoms with Gasteiger partial charge in [0.25, 0.3) is 5.91 Å². The van der Waals surface area contributed by atoms with E-state index in [4.69, 9.17) is 0 Å². The molecule has 1 atom stereocenters. The fraction of sp³-hybridized carbons (Fsp3) is 0.556. The molecule has 1 amide bonds. The van der Waals surface area contributed by atoms with Gasteiger partial charge in [0.2, 0.25) is 0 Å². The van der Waals surface area contributed by atoms with Gasteiger partial charge in [-0.05, 0) is 51.4 Å². The summed E-state index contributed by atoms with van der Waals surface area (Å²) in [6.07, 6.45) is 4.85. The largest absolute Gasteiger partial charge is 0.387 e. The smallest absolute Gasteiger partial charge is 0.274 e. The highest BCUT2D eigenvalue weighted by atomic mass is 16.3. The summed E-state index contributed by atoms with van der Waals surface area (Å²) in [7, 11) is 0. The first-order chi connectivity index (χ1) is 11.5. The lowest BCUT2D eigenvalue weighted by Crippen LogP contribution is -2.45. The van der Waals surface area contributed by atoms with Crippen LogP contribution in [0.4, 0.5) is 0 Å². The fourth-order valence-electron chi connectivity index (χ4n) is 3.93. The second-order valence-corrected chi connectivity index (χ2v) is 7.21. The summed E-state index contributed by atoms with van der Waals surface area (Å²) in [5.74, 6) is -0.0875. The van der Waals surface area contributed by atoms with Crippen LogP contribution in [0.15, 0.2) is 24.4 Å². The number of hydrogen-bond donors (Lipinski definition) is 1. The van der Waals surface area contributed by atoms with Crippen LogP contribution in [-0.2, 0) is 0 Å². The van der Waals surface area contributed by atoms with Gasteiger partial charge in [0.1, 0.15) is 11.3 Å². The van der Waals surface area contributed by atoms with Crippen molar-refractivity contribution in [2.45, 2.75) is 31.8 Å². The van der Waals surface area contributed by atoms with Crippen LogP contribution in [0.5, 0.6) is 0 Å². The van der Waals surface area contributed by atoms with Crippen LogP contribution in [0.25, 0.3) is 5.65 Å². The third-order valence-corrected chi connectivity index (χ3v) is 5.25. The van der Waals surface area contributed by atoms with Crippen LogP contribution in [0.3, 0.4) is 0 Å². The first kappa shape index (κ1) is 15.6.